The number of nitrogens with two attached hydrogens (primary N) is 2. The molecule has 0 heterocycles. The summed E-state index contributed by atoms with van der Waals surface area (Å²) in [5, 5.41) is 25.8. The Morgan fingerprint density at radius 2 is 0.620 bits per heavy atom. The second-order valence-electron chi connectivity index (χ2n) is 24.4. The highest BCUT2D eigenvalue weighted by Crippen LogP contribution is 2.38. The molecule has 100 heavy (non-hydrogen) atoms. The largest absolute Gasteiger partial charge is 0.379 e. The average molecular weight is 1390 g/mol. The van der Waals surface area contributed by atoms with Crippen molar-refractivity contribution in [3.05, 3.63) is 120 Å². The third-order valence-corrected chi connectivity index (χ3v) is 17.0. The van der Waals surface area contributed by atoms with Gasteiger partial charge in [0.05, 0.1) is 159 Å². The summed E-state index contributed by atoms with van der Waals surface area (Å²) in [6.07, 6.45) is 6.07. The van der Waals surface area contributed by atoms with Gasteiger partial charge in [0.15, 0.2) is 0 Å². The molecule has 0 bridgehead atoms. The maximum atomic E-state index is 14.1. The number of ether oxygens (including phenoxy) is 12. The molecule has 8 rings (SSSR count). The highest BCUT2D eigenvalue weighted by molar-refractivity contribution is 6.24. The van der Waals surface area contributed by atoms with E-state index >= 15 is 0 Å². The minimum Gasteiger partial charge on any atom is -0.379 e. The summed E-state index contributed by atoms with van der Waals surface area (Å²) in [4.78, 5) is 66.1. The molecule has 8 aromatic carbocycles. The molecule has 0 aliphatic rings. The lowest BCUT2D eigenvalue weighted by Gasteiger charge is -2.21. The number of benzene rings is 8. The molecule has 8 N–H and O–H groups in total. The van der Waals surface area contributed by atoms with Crippen LogP contribution in [-0.2, 0) is 93.7 Å². The van der Waals surface area contributed by atoms with E-state index in [1.165, 1.54) is 10.8 Å². The van der Waals surface area contributed by atoms with Crippen molar-refractivity contribution in [1.82, 2.24) is 21.3 Å². The number of primary amides is 1. The Balaban J connectivity index is 0.724. The summed E-state index contributed by atoms with van der Waals surface area (Å²) >= 11 is 0. The van der Waals surface area contributed by atoms with Gasteiger partial charge >= 0.3 is 0 Å². The van der Waals surface area contributed by atoms with Gasteiger partial charge in [0.2, 0.25) is 29.5 Å². The van der Waals surface area contributed by atoms with Crippen molar-refractivity contribution >= 4 is 94.2 Å². The van der Waals surface area contributed by atoms with Crippen LogP contribution in [0.4, 0.5) is 0 Å². The fourth-order valence-corrected chi connectivity index (χ4v) is 12.0. The molecular weight excluding hydrogens is 1280 g/mol. The lowest BCUT2D eigenvalue weighted by atomic mass is 9.90. The van der Waals surface area contributed by atoms with Crippen molar-refractivity contribution in [3.8, 4) is 0 Å². The van der Waals surface area contributed by atoms with Crippen LogP contribution in [0.25, 0.3) is 64.6 Å². The smallest absolute Gasteiger partial charge is 0.243 e. The van der Waals surface area contributed by atoms with Crippen molar-refractivity contribution in [2.24, 2.45) is 11.5 Å². The predicted molar refractivity (Wildman–Crippen MR) is 387 cm³/mol. The Kier molecular flexibility index (Phi) is 36.2. The highest BCUT2D eigenvalue weighted by atomic mass is 16.6. The lowest BCUT2D eigenvalue weighted by Crippen LogP contribution is -2.48. The Labute approximate surface area is 586 Å². The van der Waals surface area contributed by atoms with Crippen LogP contribution in [0.5, 0.6) is 0 Å². The number of nitrogens with one attached hydrogen (secondary N) is 4. The first-order valence-electron chi connectivity index (χ1n) is 35.5. The molecule has 0 aromatic heterocycles. The van der Waals surface area contributed by atoms with Gasteiger partial charge in [-0.15, -0.1) is 0 Å². The second-order valence-corrected chi connectivity index (χ2v) is 24.4. The summed E-state index contributed by atoms with van der Waals surface area (Å²) < 4.78 is 66.4. The number of carbonyl (C=O) groups is 5. The number of hydrogen-bond acceptors (Lipinski definition) is 18. The second kappa shape index (κ2) is 46.2. The van der Waals surface area contributed by atoms with E-state index in [1.807, 2.05) is 0 Å². The van der Waals surface area contributed by atoms with Crippen molar-refractivity contribution in [2.75, 3.05) is 178 Å². The first kappa shape index (κ1) is 78.4. The van der Waals surface area contributed by atoms with Gasteiger partial charge in [0.1, 0.15) is 12.1 Å². The fourth-order valence-electron chi connectivity index (χ4n) is 12.0. The average Bonchev–Trinajstić information content (AvgIpc) is 0.750. The van der Waals surface area contributed by atoms with Gasteiger partial charge in [0, 0.05) is 51.7 Å². The number of unbranched alkanes of at least 4 members (excludes halogenated alkanes) is 5. The van der Waals surface area contributed by atoms with Gasteiger partial charge in [0.25, 0.3) is 0 Å². The van der Waals surface area contributed by atoms with E-state index < -0.39 is 18.0 Å². The summed E-state index contributed by atoms with van der Waals surface area (Å²) in [5.41, 5.74) is 12.4. The lowest BCUT2D eigenvalue weighted by molar-refractivity contribution is -0.129. The van der Waals surface area contributed by atoms with Crippen molar-refractivity contribution in [1.29, 1.82) is 0 Å². The molecular formula is C77H104N6O17. The van der Waals surface area contributed by atoms with Gasteiger partial charge in [-0.25, -0.2) is 0 Å². The van der Waals surface area contributed by atoms with E-state index in [0.29, 0.717) is 171 Å². The molecule has 0 aliphatic carbocycles. The van der Waals surface area contributed by atoms with E-state index in [2.05, 4.69) is 130 Å². The topological polar surface area (TPSA) is 296 Å². The molecule has 0 fully saturated rings. The van der Waals surface area contributed by atoms with Gasteiger partial charge < -0.3 is 89.6 Å². The first-order valence-corrected chi connectivity index (χ1v) is 35.5. The number of hydrogen-bond donors (Lipinski definition) is 6. The van der Waals surface area contributed by atoms with Crippen LogP contribution in [0.3, 0.4) is 0 Å². The number of rotatable bonds is 58. The zero-order chi connectivity index (χ0) is 70.0. The maximum Gasteiger partial charge on any atom is 0.243 e. The Morgan fingerprint density at radius 1 is 0.310 bits per heavy atom. The van der Waals surface area contributed by atoms with Crippen LogP contribution in [0, 0.1) is 0 Å². The van der Waals surface area contributed by atoms with Crippen molar-refractivity contribution in [2.45, 2.75) is 82.7 Å². The minimum atomic E-state index is -0.820. The van der Waals surface area contributed by atoms with Crippen LogP contribution >= 0.6 is 0 Å². The molecule has 0 radical (unpaired) electrons. The molecule has 5 amide bonds. The van der Waals surface area contributed by atoms with Crippen molar-refractivity contribution in [3.63, 3.8) is 0 Å². The van der Waals surface area contributed by atoms with Gasteiger partial charge in [-0.1, -0.05) is 135 Å². The van der Waals surface area contributed by atoms with Crippen LogP contribution < -0.4 is 32.7 Å². The highest BCUT2D eigenvalue weighted by Gasteiger charge is 2.25. The summed E-state index contributed by atoms with van der Waals surface area (Å²) in [5.74, 6) is -1.41. The molecule has 544 valence electrons. The first-order chi connectivity index (χ1) is 49.2. The van der Waals surface area contributed by atoms with Crippen LogP contribution in [-0.4, -0.2) is 220 Å². The molecule has 2 atom stereocenters. The van der Waals surface area contributed by atoms with E-state index in [-0.39, 0.29) is 69.3 Å². The van der Waals surface area contributed by atoms with Gasteiger partial charge in [-0.3, -0.25) is 24.0 Å². The van der Waals surface area contributed by atoms with Crippen LogP contribution in [0.2, 0.25) is 0 Å². The van der Waals surface area contributed by atoms with Gasteiger partial charge in [-0.05, 0) is 88.6 Å². The third-order valence-electron chi connectivity index (χ3n) is 17.0. The van der Waals surface area contributed by atoms with Crippen molar-refractivity contribution < 1.29 is 80.8 Å². The minimum absolute atomic E-state index is 0.0757. The van der Waals surface area contributed by atoms with E-state index in [9.17, 15) is 24.0 Å². The van der Waals surface area contributed by atoms with E-state index in [1.54, 1.807) is 0 Å². The molecule has 2 unspecified atom stereocenters. The Hall–Kier alpha value is -7.33. The Morgan fingerprint density at radius 3 is 1.02 bits per heavy atom. The normalized spacial score (nSPS) is 12.4. The molecule has 0 saturated carbocycles. The maximum absolute atomic E-state index is 14.1. The van der Waals surface area contributed by atoms with E-state index in [0.717, 1.165) is 97.1 Å². The molecule has 23 nitrogen and oxygen atoms in total. The monoisotopic (exact) mass is 1380 g/mol. The third kappa shape index (κ3) is 27.2. The SMILES string of the molecule is NCCOCCOCCOCCOCCOCCOCCC(=O)NC(Cc1ccc2ccc3cccc4ccc1c2c34)C(=O)NCCCCCCCCC(=O)NC(Cc1ccc2ccc3cccc4ccc1c2c34)C(=O)NCCOCCOCCOCCOCCOCCOCCC(N)=O. The Bertz CT molecular complexity index is 3640. The zero-order valence-corrected chi connectivity index (χ0v) is 58.0. The standard InChI is InChI=1S/C77H104N6O17/c78-28-33-91-37-41-95-45-49-99-53-51-98-48-44-94-40-36-90-32-27-71(86)83-67(55-63-20-18-61-16-14-57-9-7-11-59-22-24-65(63)74(61)72(57)59)76(87)80-29-6-4-2-1-3-5-13-70(85)82-68(56-64-21-19-62-17-15-58-10-8-12-60-23-25-66(64)75(62)73(58)60)77(88)81-30-34-92-38-42-96-46-50-100-54-52-97-47-43-93-39-35-89-31-26-69(79)84/h7-12,14-25,67-68H,1-6,13,26-56,78H2,(H2,79,84)(H,80,87)(H,81,88)(H,82,85)(H,83,86). The molecule has 0 aliphatic heterocycles. The molecule has 0 saturated heterocycles. The summed E-state index contributed by atoms with van der Waals surface area (Å²) in [6.45, 7) is 10.7. The summed E-state index contributed by atoms with van der Waals surface area (Å²) in [7, 11) is 0. The fraction of sp³-hybridized carbons (Fsp3) is 0.519. The molecule has 23 heteroatoms. The van der Waals surface area contributed by atoms with E-state index in [4.69, 9.17) is 68.3 Å². The predicted octanol–water partition coefficient (Wildman–Crippen LogP) is 7.62. The quantitative estimate of drug-likeness (QED) is 0.0158. The number of carbonyl (C=O) groups excluding carboxylic acids is 5. The van der Waals surface area contributed by atoms with Crippen LogP contribution in [0.15, 0.2) is 109 Å². The zero-order valence-electron chi connectivity index (χ0n) is 58.0. The molecule has 8 aromatic rings. The van der Waals surface area contributed by atoms with Crippen LogP contribution in [0.1, 0.15) is 68.9 Å². The molecule has 0 spiro atoms. The summed E-state index contributed by atoms with van der Waals surface area (Å²) in [6, 6.07) is 36.3. The van der Waals surface area contributed by atoms with Gasteiger partial charge in [-0.2, -0.15) is 0 Å². The number of amides is 5.